The molecule has 0 fully saturated rings. The lowest BCUT2D eigenvalue weighted by Crippen LogP contribution is -2.21. The van der Waals surface area contributed by atoms with Crippen LogP contribution in [0.4, 0.5) is 0 Å². The summed E-state index contributed by atoms with van der Waals surface area (Å²) >= 11 is 0. The first-order valence-electron chi connectivity index (χ1n) is 7.37. The van der Waals surface area contributed by atoms with E-state index in [0.29, 0.717) is 22.6 Å². The Morgan fingerprint density at radius 1 is 1.17 bits per heavy atom. The molecule has 0 unspecified atom stereocenters. The van der Waals surface area contributed by atoms with Crippen molar-refractivity contribution in [2.24, 2.45) is 0 Å². The Morgan fingerprint density at radius 2 is 1.88 bits per heavy atom. The van der Waals surface area contributed by atoms with Gasteiger partial charge >= 0.3 is 5.97 Å². The van der Waals surface area contributed by atoms with E-state index >= 15 is 0 Å². The number of carbonyl (C=O) groups excluding carboxylic acids is 1. The third kappa shape index (κ3) is 4.81. The Labute approximate surface area is 139 Å². The summed E-state index contributed by atoms with van der Waals surface area (Å²) < 4.78 is 10.3. The minimum absolute atomic E-state index is 0.107. The molecule has 1 aromatic rings. The Balaban J connectivity index is 0.000000224. The number of aromatic nitrogens is 1. The zero-order chi connectivity index (χ0) is 17.9. The predicted molar refractivity (Wildman–Crippen MR) is 90.1 cm³/mol. The van der Waals surface area contributed by atoms with Crippen molar-refractivity contribution in [1.29, 1.82) is 0 Å². The molecule has 6 heteroatoms. The number of rotatable bonds is 0. The smallest absolute Gasteiger partial charge is 0.303 e. The van der Waals surface area contributed by atoms with Crippen LogP contribution in [0.25, 0.3) is 22.6 Å². The Morgan fingerprint density at radius 3 is 2.46 bits per heavy atom. The van der Waals surface area contributed by atoms with Crippen molar-refractivity contribution in [3.63, 3.8) is 0 Å². The highest BCUT2D eigenvalue weighted by Crippen LogP contribution is 2.25. The molecule has 0 bridgehead atoms. The van der Waals surface area contributed by atoms with E-state index in [1.54, 1.807) is 18.2 Å². The summed E-state index contributed by atoms with van der Waals surface area (Å²) in [4.78, 5) is 25.7. The highest BCUT2D eigenvalue weighted by molar-refractivity contribution is 5.77. The average Bonchev–Trinajstić information content (AvgIpc) is 2.43. The number of phenols is 1. The molecule has 1 aromatic carbocycles. The maximum atomic E-state index is 11.1. The highest BCUT2D eigenvalue weighted by atomic mass is 16.6. The van der Waals surface area contributed by atoms with Gasteiger partial charge in [0.15, 0.2) is 16.8 Å². The minimum Gasteiger partial charge on any atom is -0.508 e. The fourth-order valence-corrected chi connectivity index (χ4v) is 2.02. The number of hydrogen-bond donors (Lipinski definition) is 1. The van der Waals surface area contributed by atoms with E-state index in [0.717, 1.165) is 0 Å². The fourth-order valence-electron chi connectivity index (χ4n) is 2.02. The van der Waals surface area contributed by atoms with E-state index in [-0.39, 0.29) is 22.7 Å². The van der Waals surface area contributed by atoms with Crippen molar-refractivity contribution in [2.75, 3.05) is 0 Å². The van der Waals surface area contributed by atoms with E-state index in [9.17, 15) is 14.7 Å². The number of fused-ring (bicyclic) bond motifs is 2. The first-order chi connectivity index (χ1) is 11.1. The van der Waals surface area contributed by atoms with Gasteiger partial charge in [-0.2, -0.15) is 0 Å². The fraction of sp³-hybridized carbons (Fsp3) is 0.278. The van der Waals surface area contributed by atoms with Crippen LogP contribution in [-0.2, 0) is 9.53 Å². The second-order valence-corrected chi connectivity index (χ2v) is 6.20. The monoisotopic (exact) mass is 329 g/mol. The van der Waals surface area contributed by atoms with Gasteiger partial charge in [-0.15, -0.1) is 0 Å². The normalized spacial score (nSPS) is 11.0. The van der Waals surface area contributed by atoms with Crippen LogP contribution < -0.4 is 5.43 Å². The van der Waals surface area contributed by atoms with E-state index in [1.807, 2.05) is 20.8 Å². The van der Waals surface area contributed by atoms with Crippen molar-refractivity contribution in [3.8, 4) is 17.2 Å². The third-order valence-electron chi connectivity index (χ3n) is 2.79. The van der Waals surface area contributed by atoms with Crippen LogP contribution in [0.15, 0.2) is 45.6 Å². The SMILES string of the molecule is CC(=O)OC(C)(C)C.O=c1ccc2nc3ccc(O)cc3oc-2c1. The molecule has 3 rings (SSSR count). The maximum Gasteiger partial charge on any atom is 0.303 e. The molecule has 1 N–H and O–H groups in total. The number of benzene rings is 2. The van der Waals surface area contributed by atoms with Crippen molar-refractivity contribution in [2.45, 2.75) is 33.3 Å². The summed E-state index contributed by atoms with van der Waals surface area (Å²) in [6.07, 6.45) is 0. The van der Waals surface area contributed by atoms with Gasteiger partial charge in [0.2, 0.25) is 0 Å². The molecule has 2 aliphatic rings. The molecule has 0 spiro atoms. The van der Waals surface area contributed by atoms with Gasteiger partial charge in [0.1, 0.15) is 22.6 Å². The summed E-state index contributed by atoms with van der Waals surface area (Å²) in [5, 5.41) is 9.31. The predicted octanol–water partition coefficient (Wildman–Crippen LogP) is 3.35. The van der Waals surface area contributed by atoms with Crippen LogP contribution >= 0.6 is 0 Å². The van der Waals surface area contributed by atoms with E-state index in [4.69, 9.17) is 9.15 Å². The zero-order valence-corrected chi connectivity index (χ0v) is 14.0. The summed E-state index contributed by atoms with van der Waals surface area (Å²) in [6, 6.07) is 9.12. The second-order valence-electron chi connectivity index (χ2n) is 6.20. The summed E-state index contributed by atoms with van der Waals surface area (Å²) in [5.41, 5.74) is 1.27. The van der Waals surface area contributed by atoms with Gasteiger partial charge < -0.3 is 14.3 Å². The van der Waals surface area contributed by atoms with Crippen molar-refractivity contribution >= 4 is 17.1 Å². The number of hydrogen-bond acceptors (Lipinski definition) is 6. The first kappa shape index (κ1) is 17.5. The summed E-state index contributed by atoms with van der Waals surface area (Å²) in [5.74, 6) is 0.304. The van der Waals surface area contributed by atoms with E-state index < -0.39 is 0 Å². The van der Waals surface area contributed by atoms with Crippen LogP contribution in [0, 0.1) is 0 Å². The van der Waals surface area contributed by atoms with Crippen molar-refractivity contribution < 1.29 is 19.1 Å². The molecule has 0 saturated carbocycles. The molecular formula is C18H19NO5. The van der Waals surface area contributed by atoms with E-state index in [2.05, 4.69) is 4.98 Å². The number of ether oxygens (including phenoxy) is 1. The molecule has 0 atom stereocenters. The zero-order valence-electron chi connectivity index (χ0n) is 14.0. The molecule has 6 nitrogen and oxygen atoms in total. The number of nitrogens with zero attached hydrogens (tertiary/aromatic N) is 1. The van der Waals surface area contributed by atoms with Crippen LogP contribution in [0.1, 0.15) is 27.7 Å². The summed E-state index contributed by atoms with van der Waals surface area (Å²) in [7, 11) is 0. The van der Waals surface area contributed by atoms with Crippen LogP contribution in [0.3, 0.4) is 0 Å². The van der Waals surface area contributed by atoms with Crippen LogP contribution in [-0.4, -0.2) is 21.7 Å². The van der Waals surface area contributed by atoms with Crippen molar-refractivity contribution in [1.82, 2.24) is 4.98 Å². The van der Waals surface area contributed by atoms with Gasteiger partial charge in [-0.3, -0.25) is 9.59 Å². The molecule has 24 heavy (non-hydrogen) atoms. The number of aromatic hydroxyl groups is 1. The van der Waals surface area contributed by atoms with E-state index in [1.165, 1.54) is 25.1 Å². The molecule has 0 aromatic heterocycles. The second kappa shape index (κ2) is 6.70. The first-order valence-corrected chi connectivity index (χ1v) is 7.37. The van der Waals surface area contributed by atoms with Gasteiger partial charge in [-0.25, -0.2) is 4.98 Å². The maximum absolute atomic E-state index is 11.1. The lowest BCUT2D eigenvalue weighted by molar-refractivity contribution is -0.151. The van der Waals surface area contributed by atoms with Crippen LogP contribution in [0.2, 0.25) is 0 Å². The van der Waals surface area contributed by atoms with Crippen LogP contribution in [0.5, 0.6) is 5.75 Å². The molecular weight excluding hydrogens is 310 g/mol. The molecule has 126 valence electrons. The van der Waals surface area contributed by atoms with Gasteiger partial charge in [-0.05, 0) is 45.0 Å². The third-order valence-corrected chi connectivity index (χ3v) is 2.79. The minimum atomic E-state index is -0.328. The largest absolute Gasteiger partial charge is 0.508 e. The quantitative estimate of drug-likeness (QED) is 0.502. The van der Waals surface area contributed by atoms with Gasteiger partial charge in [-0.1, -0.05) is 0 Å². The lowest BCUT2D eigenvalue weighted by Gasteiger charge is -2.17. The summed E-state index contributed by atoms with van der Waals surface area (Å²) in [6.45, 7) is 6.93. The lowest BCUT2D eigenvalue weighted by atomic mass is 10.2. The average molecular weight is 329 g/mol. The number of carbonyl (C=O) groups is 1. The standard InChI is InChI=1S/C12H7NO3.C6H12O2/c14-7-1-3-9-11(5-7)16-12-6-8(15)2-4-10(12)13-9;1-5(7)8-6(2,3)4/h1-6,14H;1-4H3. The van der Waals surface area contributed by atoms with Gasteiger partial charge in [0, 0.05) is 19.1 Å². The number of phenolic OH excluding ortho intramolecular Hbond substituents is 1. The highest BCUT2D eigenvalue weighted by Gasteiger charge is 2.11. The molecule has 0 saturated heterocycles. The van der Waals surface area contributed by atoms with Gasteiger partial charge in [0.05, 0.1) is 0 Å². The molecule has 1 aliphatic carbocycles. The Hall–Kier alpha value is -2.89. The van der Waals surface area contributed by atoms with Crippen molar-refractivity contribution in [3.05, 3.63) is 46.6 Å². The number of esters is 1. The Kier molecular flexibility index (Phi) is 4.87. The topological polar surface area (TPSA) is 89.6 Å². The molecule has 1 heterocycles. The molecule has 0 amide bonds. The molecule has 1 aliphatic heterocycles. The van der Waals surface area contributed by atoms with Gasteiger partial charge in [0.25, 0.3) is 0 Å². The molecule has 0 radical (unpaired) electrons. The Bertz CT molecular complexity index is 892.